The van der Waals surface area contributed by atoms with Crippen molar-refractivity contribution in [3.8, 4) is 0 Å². The third kappa shape index (κ3) is 3.41. The molecule has 3 heteroatoms. The van der Waals surface area contributed by atoms with Crippen LogP contribution in [0.4, 0.5) is 11.4 Å². The van der Waals surface area contributed by atoms with Crippen LogP contribution in [0.2, 0.25) is 0 Å². The number of anilines is 2. The van der Waals surface area contributed by atoms with Crippen LogP contribution in [-0.2, 0) is 6.42 Å². The van der Waals surface area contributed by atoms with Gasteiger partial charge >= 0.3 is 0 Å². The van der Waals surface area contributed by atoms with E-state index in [4.69, 9.17) is 0 Å². The van der Waals surface area contributed by atoms with Crippen molar-refractivity contribution in [3.63, 3.8) is 0 Å². The third-order valence-corrected chi connectivity index (χ3v) is 4.85. The summed E-state index contributed by atoms with van der Waals surface area (Å²) in [6.45, 7) is 8.69. The molecule has 0 unspecified atom stereocenters. The van der Waals surface area contributed by atoms with Gasteiger partial charge in [-0.25, -0.2) is 0 Å². The second-order valence-corrected chi connectivity index (χ2v) is 7.61. The smallest absolute Gasteiger partial charge is 0.0353 e. The van der Waals surface area contributed by atoms with Crippen LogP contribution in [0.15, 0.2) is 46.2 Å². The van der Waals surface area contributed by atoms with Gasteiger partial charge in [-0.05, 0) is 69.5 Å². The molecule has 0 atom stereocenters. The van der Waals surface area contributed by atoms with Crippen LogP contribution < -0.4 is 10.6 Å². The van der Waals surface area contributed by atoms with Crippen molar-refractivity contribution in [3.05, 3.63) is 47.5 Å². The zero-order valence-electron chi connectivity index (χ0n) is 13.7. The fourth-order valence-corrected chi connectivity index (χ4v) is 3.91. The average Bonchev–Trinajstić information content (AvgIpc) is 2.43. The maximum Gasteiger partial charge on any atom is 0.0353 e. The molecule has 0 bridgehead atoms. The molecule has 0 radical (unpaired) electrons. The van der Waals surface area contributed by atoms with Crippen LogP contribution in [0.25, 0.3) is 0 Å². The van der Waals surface area contributed by atoms with Gasteiger partial charge in [0.05, 0.1) is 0 Å². The largest absolute Gasteiger partial charge is 0.383 e. The van der Waals surface area contributed by atoms with Crippen LogP contribution in [0.5, 0.6) is 0 Å². The summed E-state index contributed by atoms with van der Waals surface area (Å²) < 4.78 is 0. The maximum atomic E-state index is 3.49. The van der Waals surface area contributed by atoms with Crippen molar-refractivity contribution in [2.75, 3.05) is 10.6 Å². The van der Waals surface area contributed by atoms with E-state index < -0.39 is 0 Å². The van der Waals surface area contributed by atoms with Gasteiger partial charge in [0.15, 0.2) is 0 Å². The van der Waals surface area contributed by atoms with Crippen LogP contribution in [0.3, 0.4) is 0 Å². The number of hydrogen-bond acceptors (Lipinski definition) is 3. The van der Waals surface area contributed by atoms with Crippen LogP contribution in [-0.4, -0.2) is 12.1 Å². The van der Waals surface area contributed by atoms with Crippen molar-refractivity contribution in [1.82, 2.24) is 0 Å². The molecule has 0 fully saturated rings. The van der Waals surface area contributed by atoms with Crippen molar-refractivity contribution in [1.29, 1.82) is 0 Å². The predicted octanol–water partition coefficient (Wildman–Crippen LogP) is 5.38. The molecule has 22 heavy (non-hydrogen) atoms. The first kappa shape index (κ1) is 15.3. The molecular weight excluding hydrogens is 288 g/mol. The Morgan fingerprint density at radius 2 is 1.23 bits per heavy atom. The monoisotopic (exact) mass is 312 g/mol. The summed E-state index contributed by atoms with van der Waals surface area (Å²) in [5, 5.41) is 6.98. The standard InChI is InChI=1S/C19H24N2S/c1-12(2)20-16-7-5-14-9-15-6-8-17(21-13(3)4)11-19(15)22-18(14)10-16/h5-8,10-13,20-21H,9H2,1-4H3. The molecule has 0 aromatic heterocycles. The summed E-state index contributed by atoms with van der Waals surface area (Å²) in [5.74, 6) is 0. The molecule has 0 spiro atoms. The molecule has 0 aliphatic carbocycles. The highest BCUT2D eigenvalue weighted by Gasteiger charge is 2.17. The Balaban J connectivity index is 1.86. The number of rotatable bonds is 4. The molecule has 3 rings (SSSR count). The molecule has 2 aromatic carbocycles. The highest BCUT2D eigenvalue weighted by atomic mass is 32.2. The lowest BCUT2D eigenvalue weighted by Crippen LogP contribution is -2.11. The Morgan fingerprint density at radius 1 is 0.773 bits per heavy atom. The molecule has 0 saturated carbocycles. The molecule has 2 aromatic rings. The second-order valence-electron chi connectivity index (χ2n) is 6.52. The minimum absolute atomic E-state index is 0.459. The average molecular weight is 312 g/mol. The lowest BCUT2D eigenvalue weighted by molar-refractivity contribution is 0.895. The highest BCUT2D eigenvalue weighted by Crippen LogP contribution is 2.41. The fourth-order valence-electron chi connectivity index (χ4n) is 2.76. The molecule has 1 heterocycles. The van der Waals surface area contributed by atoms with Gasteiger partial charge < -0.3 is 10.6 Å². The van der Waals surface area contributed by atoms with E-state index in [1.807, 2.05) is 11.8 Å². The first-order chi connectivity index (χ1) is 10.5. The fraction of sp³-hybridized carbons (Fsp3) is 0.368. The summed E-state index contributed by atoms with van der Waals surface area (Å²) in [5.41, 5.74) is 5.27. The Kier molecular flexibility index (Phi) is 4.34. The second kappa shape index (κ2) is 6.25. The maximum absolute atomic E-state index is 3.49. The van der Waals surface area contributed by atoms with Gasteiger partial charge in [0.25, 0.3) is 0 Å². The lowest BCUT2D eigenvalue weighted by atomic mass is 10.0. The van der Waals surface area contributed by atoms with E-state index in [0.29, 0.717) is 12.1 Å². The number of nitrogens with one attached hydrogen (secondary N) is 2. The van der Waals surface area contributed by atoms with Crippen LogP contribution >= 0.6 is 11.8 Å². The third-order valence-electron chi connectivity index (χ3n) is 3.65. The summed E-state index contributed by atoms with van der Waals surface area (Å²) in [6.07, 6.45) is 1.03. The summed E-state index contributed by atoms with van der Waals surface area (Å²) in [4.78, 5) is 2.75. The summed E-state index contributed by atoms with van der Waals surface area (Å²) in [6, 6.07) is 14.4. The molecular formula is C19H24N2S. The Hall–Kier alpha value is -1.61. The molecule has 1 aliphatic heterocycles. The Morgan fingerprint density at radius 3 is 1.64 bits per heavy atom. The Bertz CT molecular complexity index is 620. The first-order valence-corrected chi connectivity index (χ1v) is 8.79. The molecule has 0 amide bonds. The SMILES string of the molecule is CC(C)Nc1ccc2c(c1)Sc1cc(NC(C)C)ccc1C2. The van der Waals surface area contributed by atoms with Gasteiger partial charge in [-0.2, -0.15) is 0 Å². The van der Waals surface area contributed by atoms with Crippen molar-refractivity contribution < 1.29 is 0 Å². The minimum Gasteiger partial charge on any atom is -0.383 e. The molecule has 0 saturated heterocycles. The van der Waals surface area contributed by atoms with Gasteiger partial charge in [-0.3, -0.25) is 0 Å². The first-order valence-electron chi connectivity index (χ1n) is 7.98. The zero-order valence-corrected chi connectivity index (χ0v) is 14.6. The van der Waals surface area contributed by atoms with Crippen LogP contribution in [0, 0.1) is 0 Å². The minimum atomic E-state index is 0.459. The topological polar surface area (TPSA) is 24.1 Å². The van der Waals surface area contributed by atoms with Gasteiger partial charge in [0.2, 0.25) is 0 Å². The molecule has 1 aliphatic rings. The molecule has 116 valence electrons. The highest BCUT2D eigenvalue weighted by molar-refractivity contribution is 7.99. The van der Waals surface area contributed by atoms with E-state index in [1.54, 1.807) is 0 Å². The number of benzene rings is 2. The predicted molar refractivity (Wildman–Crippen MR) is 97.3 cm³/mol. The van der Waals surface area contributed by atoms with Gasteiger partial charge in [0, 0.05) is 33.2 Å². The molecule has 2 nitrogen and oxygen atoms in total. The Labute approximate surface area is 137 Å². The van der Waals surface area contributed by atoms with Gasteiger partial charge in [-0.1, -0.05) is 23.9 Å². The normalized spacial score (nSPS) is 13.0. The lowest BCUT2D eigenvalue weighted by Gasteiger charge is -2.22. The van der Waals surface area contributed by atoms with Gasteiger partial charge in [0.1, 0.15) is 0 Å². The van der Waals surface area contributed by atoms with E-state index in [2.05, 4.69) is 74.7 Å². The van der Waals surface area contributed by atoms with E-state index in [-0.39, 0.29) is 0 Å². The summed E-state index contributed by atoms with van der Waals surface area (Å²) >= 11 is 1.89. The van der Waals surface area contributed by atoms with Crippen LogP contribution in [0.1, 0.15) is 38.8 Å². The quantitative estimate of drug-likeness (QED) is 0.676. The van der Waals surface area contributed by atoms with E-state index in [0.717, 1.165) is 6.42 Å². The van der Waals surface area contributed by atoms with Crippen molar-refractivity contribution >= 4 is 23.1 Å². The zero-order chi connectivity index (χ0) is 15.7. The van der Waals surface area contributed by atoms with E-state index >= 15 is 0 Å². The summed E-state index contributed by atoms with van der Waals surface area (Å²) in [7, 11) is 0. The van der Waals surface area contributed by atoms with Crippen molar-refractivity contribution in [2.24, 2.45) is 0 Å². The van der Waals surface area contributed by atoms with Crippen molar-refractivity contribution in [2.45, 2.75) is 56.0 Å². The molecule has 2 N–H and O–H groups in total. The van der Waals surface area contributed by atoms with E-state index in [9.17, 15) is 0 Å². The van der Waals surface area contributed by atoms with Gasteiger partial charge in [-0.15, -0.1) is 0 Å². The van der Waals surface area contributed by atoms with E-state index in [1.165, 1.54) is 32.3 Å². The number of hydrogen-bond donors (Lipinski definition) is 2. The number of fused-ring (bicyclic) bond motifs is 2.